The van der Waals surface area contributed by atoms with Crippen LogP contribution in [0.2, 0.25) is 0 Å². The molecule has 138 valence electrons. The molecule has 1 unspecified atom stereocenters. The van der Waals surface area contributed by atoms with E-state index in [1.807, 2.05) is 17.8 Å². The number of hydrogen-bond acceptors (Lipinski definition) is 4. The van der Waals surface area contributed by atoms with Crippen molar-refractivity contribution < 1.29 is 17.9 Å². The largest absolute Gasteiger partial charge is 0.573 e. The second kappa shape index (κ2) is 8.07. The summed E-state index contributed by atoms with van der Waals surface area (Å²) in [7, 11) is 1.94. The number of hydrogen-bond donors (Lipinski definition) is 1. The van der Waals surface area contributed by atoms with Crippen molar-refractivity contribution in [2.75, 3.05) is 19.6 Å². The van der Waals surface area contributed by atoms with Gasteiger partial charge in [-0.1, -0.05) is 12.1 Å². The number of alkyl halides is 3. The molecule has 1 aromatic carbocycles. The molecule has 1 aromatic heterocycles. The van der Waals surface area contributed by atoms with Crippen molar-refractivity contribution in [1.82, 2.24) is 19.8 Å². The van der Waals surface area contributed by atoms with Crippen LogP contribution in [0.25, 0.3) is 0 Å². The molecule has 3 rings (SSSR count). The summed E-state index contributed by atoms with van der Waals surface area (Å²) in [5.41, 5.74) is 0.776. The quantitative estimate of drug-likeness (QED) is 0.891. The van der Waals surface area contributed by atoms with Gasteiger partial charge in [0.25, 0.3) is 0 Å². The van der Waals surface area contributed by atoms with Crippen LogP contribution in [-0.2, 0) is 13.6 Å². The zero-order valence-electron chi connectivity index (χ0n) is 13.7. The van der Waals surface area contributed by atoms with Gasteiger partial charge in [-0.05, 0) is 17.7 Å². The minimum absolute atomic E-state index is 0. The summed E-state index contributed by atoms with van der Waals surface area (Å²) < 4.78 is 43.1. The maximum atomic E-state index is 12.4. The number of nitrogens with one attached hydrogen (secondary N) is 1. The Morgan fingerprint density at radius 3 is 2.84 bits per heavy atom. The Labute approximate surface area is 150 Å². The van der Waals surface area contributed by atoms with Gasteiger partial charge >= 0.3 is 6.36 Å². The summed E-state index contributed by atoms with van der Waals surface area (Å²) in [5.74, 6) is 0.744. The minimum Gasteiger partial charge on any atom is -0.406 e. The van der Waals surface area contributed by atoms with Gasteiger partial charge in [-0.3, -0.25) is 4.90 Å². The monoisotopic (exact) mass is 376 g/mol. The number of aryl methyl sites for hydroxylation is 1. The highest BCUT2D eigenvalue weighted by Crippen LogP contribution is 2.26. The van der Waals surface area contributed by atoms with E-state index in [-0.39, 0.29) is 24.2 Å². The van der Waals surface area contributed by atoms with E-state index in [4.69, 9.17) is 0 Å². The van der Waals surface area contributed by atoms with Crippen LogP contribution < -0.4 is 10.1 Å². The van der Waals surface area contributed by atoms with Crippen LogP contribution >= 0.6 is 12.4 Å². The topological polar surface area (TPSA) is 42.3 Å². The molecule has 1 saturated heterocycles. The Balaban J connectivity index is 0.00000225. The number of piperazine rings is 1. The van der Waals surface area contributed by atoms with Crippen LogP contribution in [0.5, 0.6) is 5.75 Å². The normalized spacial score (nSPS) is 18.6. The third-order valence-electron chi connectivity index (χ3n) is 4.03. The molecule has 9 heteroatoms. The van der Waals surface area contributed by atoms with E-state index < -0.39 is 6.36 Å². The Hall–Kier alpha value is -1.77. The molecule has 0 radical (unpaired) electrons. The average Bonchev–Trinajstić information content (AvgIpc) is 2.92. The maximum Gasteiger partial charge on any atom is 0.573 e. The lowest BCUT2D eigenvalue weighted by atomic mass is 10.1. The van der Waals surface area contributed by atoms with Crippen LogP contribution in [0.3, 0.4) is 0 Å². The van der Waals surface area contributed by atoms with Gasteiger partial charge in [0.2, 0.25) is 0 Å². The summed E-state index contributed by atoms with van der Waals surface area (Å²) >= 11 is 0. The number of rotatable bonds is 4. The fourth-order valence-corrected chi connectivity index (χ4v) is 2.96. The first-order chi connectivity index (χ1) is 11.4. The molecular weight excluding hydrogens is 357 g/mol. The summed E-state index contributed by atoms with van der Waals surface area (Å²) in [5, 5.41) is 3.34. The van der Waals surface area contributed by atoms with Crippen molar-refractivity contribution in [3.8, 4) is 5.75 Å². The lowest BCUT2D eigenvalue weighted by Crippen LogP contribution is -2.46. The second-order valence-corrected chi connectivity index (χ2v) is 5.78. The lowest BCUT2D eigenvalue weighted by Gasteiger charge is -2.35. The van der Waals surface area contributed by atoms with Crippen molar-refractivity contribution in [3.63, 3.8) is 0 Å². The molecule has 0 spiro atoms. The molecule has 0 amide bonds. The highest BCUT2D eigenvalue weighted by molar-refractivity contribution is 5.85. The highest BCUT2D eigenvalue weighted by atomic mass is 35.5. The number of nitrogens with zero attached hydrogens (tertiary/aromatic N) is 3. The van der Waals surface area contributed by atoms with Crippen LogP contribution in [0.4, 0.5) is 13.2 Å². The van der Waals surface area contributed by atoms with Gasteiger partial charge in [-0.25, -0.2) is 4.98 Å². The number of benzene rings is 1. The molecule has 5 nitrogen and oxygen atoms in total. The summed E-state index contributed by atoms with van der Waals surface area (Å²) in [6, 6.07) is 6.21. The second-order valence-electron chi connectivity index (χ2n) is 5.78. The van der Waals surface area contributed by atoms with Crippen LogP contribution in [-0.4, -0.2) is 40.4 Å². The van der Waals surface area contributed by atoms with Crippen LogP contribution in [0.15, 0.2) is 36.7 Å². The third kappa shape index (κ3) is 5.10. The third-order valence-corrected chi connectivity index (χ3v) is 4.03. The van der Waals surface area contributed by atoms with Gasteiger partial charge in [-0.2, -0.15) is 0 Å². The molecule has 1 N–H and O–H groups in total. The molecule has 0 aliphatic carbocycles. The molecule has 0 saturated carbocycles. The Bertz CT molecular complexity index is 692. The zero-order valence-corrected chi connectivity index (χ0v) is 14.5. The minimum atomic E-state index is -4.68. The number of halogens is 4. The molecule has 1 aliphatic heterocycles. The van der Waals surface area contributed by atoms with E-state index in [0.717, 1.165) is 31.0 Å². The van der Waals surface area contributed by atoms with Crippen LogP contribution in [0.1, 0.15) is 17.4 Å². The molecule has 0 bridgehead atoms. The molecule has 25 heavy (non-hydrogen) atoms. The SMILES string of the molecule is Cl.Cn1ccnc1C1CNCCN1Cc1cccc(OC(F)(F)F)c1. The lowest BCUT2D eigenvalue weighted by molar-refractivity contribution is -0.274. The van der Waals surface area contributed by atoms with Gasteiger partial charge in [0.05, 0.1) is 6.04 Å². The molecule has 1 aliphatic rings. The molecular formula is C16H20ClF3N4O. The predicted molar refractivity (Wildman–Crippen MR) is 89.6 cm³/mol. The standard InChI is InChI=1S/C16H19F3N4O.ClH/c1-22-7-6-21-15(22)14-10-20-5-8-23(14)11-12-3-2-4-13(9-12)24-16(17,18)19;/h2-4,6-7,9,14,20H,5,8,10-11H2,1H3;1H. The first kappa shape index (κ1) is 19.6. The Kier molecular flexibility index (Phi) is 6.31. The van der Waals surface area contributed by atoms with E-state index in [0.29, 0.717) is 6.54 Å². The van der Waals surface area contributed by atoms with Crippen molar-refractivity contribution in [2.24, 2.45) is 7.05 Å². The summed E-state index contributed by atoms with van der Waals surface area (Å²) in [6.45, 7) is 2.92. The number of aromatic nitrogens is 2. The molecule has 2 aromatic rings. The fraction of sp³-hybridized carbons (Fsp3) is 0.438. The first-order valence-corrected chi connectivity index (χ1v) is 7.69. The number of ether oxygens (including phenoxy) is 1. The van der Waals surface area contributed by atoms with E-state index >= 15 is 0 Å². The van der Waals surface area contributed by atoms with Gasteiger partial charge in [0.15, 0.2) is 0 Å². The van der Waals surface area contributed by atoms with Gasteiger partial charge < -0.3 is 14.6 Å². The van der Waals surface area contributed by atoms with Crippen molar-refractivity contribution in [1.29, 1.82) is 0 Å². The summed E-state index contributed by atoms with van der Waals surface area (Å²) in [4.78, 5) is 6.62. The molecule has 1 fully saturated rings. The van der Waals surface area contributed by atoms with E-state index in [1.165, 1.54) is 12.1 Å². The predicted octanol–water partition coefficient (Wildman–Crippen LogP) is 2.89. The van der Waals surface area contributed by atoms with E-state index in [9.17, 15) is 13.2 Å². The molecule has 2 heterocycles. The smallest absolute Gasteiger partial charge is 0.406 e. The highest BCUT2D eigenvalue weighted by Gasteiger charge is 2.31. The Morgan fingerprint density at radius 2 is 2.16 bits per heavy atom. The van der Waals surface area contributed by atoms with Crippen LogP contribution in [0, 0.1) is 0 Å². The van der Waals surface area contributed by atoms with Gasteiger partial charge in [-0.15, -0.1) is 25.6 Å². The zero-order chi connectivity index (χ0) is 17.2. The summed E-state index contributed by atoms with van der Waals surface area (Å²) in [6.07, 6.45) is -1.04. The Morgan fingerprint density at radius 1 is 1.36 bits per heavy atom. The fourth-order valence-electron chi connectivity index (χ4n) is 2.96. The van der Waals surface area contributed by atoms with Crippen molar-refractivity contribution >= 4 is 12.4 Å². The van der Waals surface area contributed by atoms with Gasteiger partial charge in [0, 0.05) is 45.6 Å². The first-order valence-electron chi connectivity index (χ1n) is 7.69. The average molecular weight is 377 g/mol. The molecule has 1 atom stereocenters. The maximum absolute atomic E-state index is 12.4. The van der Waals surface area contributed by atoms with Crippen molar-refractivity contribution in [2.45, 2.75) is 18.9 Å². The van der Waals surface area contributed by atoms with E-state index in [2.05, 4.69) is 19.9 Å². The number of imidazole rings is 1. The van der Waals surface area contributed by atoms with Gasteiger partial charge in [0.1, 0.15) is 11.6 Å². The van der Waals surface area contributed by atoms with Crippen molar-refractivity contribution in [3.05, 3.63) is 48.0 Å². The van der Waals surface area contributed by atoms with E-state index in [1.54, 1.807) is 18.3 Å².